The van der Waals surface area contributed by atoms with Gasteiger partial charge in [-0.05, 0) is 24.3 Å². The van der Waals surface area contributed by atoms with Gasteiger partial charge in [0.15, 0.2) is 0 Å². The minimum Gasteiger partial charge on any atom is -0.457 e. The Balaban J connectivity index is 1.95. The maximum absolute atomic E-state index is 6.01. The lowest BCUT2D eigenvalue weighted by atomic mass is 10.2. The maximum atomic E-state index is 6.01. The third kappa shape index (κ3) is 3.14. The first kappa shape index (κ1) is 13.8. The van der Waals surface area contributed by atoms with Crippen LogP contribution in [0.1, 0.15) is 24.8 Å². The molecule has 0 radical (unpaired) electrons. The van der Waals surface area contributed by atoms with E-state index in [1.807, 2.05) is 54.7 Å². The van der Waals surface area contributed by atoms with Crippen molar-refractivity contribution in [3.63, 3.8) is 0 Å². The molecule has 2 aromatic carbocycles. The highest BCUT2D eigenvalue weighted by molar-refractivity contribution is 7.15. The predicted molar refractivity (Wildman–Crippen MR) is 88.2 cm³/mol. The molecule has 0 N–H and O–H groups in total. The van der Waals surface area contributed by atoms with Gasteiger partial charge in [0.2, 0.25) is 0 Å². The van der Waals surface area contributed by atoms with Gasteiger partial charge in [-0.25, -0.2) is 4.98 Å². The molecule has 0 unspecified atom stereocenters. The zero-order valence-corrected chi connectivity index (χ0v) is 12.9. The number of nitrogens with zero attached hydrogens (tertiary/aromatic N) is 1. The number of hydrogen-bond acceptors (Lipinski definition) is 3. The van der Waals surface area contributed by atoms with E-state index in [1.165, 1.54) is 0 Å². The summed E-state index contributed by atoms with van der Waals surface area (Å²) in [6, 6.07) is 18.0. The molecule has 1 heterocycles. The molecule has 0 aliphatic rings. The topological polar surface area (TPSA) is 22.1 Å². The zero-order chi connectivity index (χ0) is 14.7. The van der Waals surface area contributed by atoms with Crippen LogP contribution in [0.3, 0.4) is 0 Å². The second-order valence-electron chi connectivity index (χ2n) is 5.13. The molecule has 0 aliphatic carbocycles. The van der Waals surface area contributed by atoms with Gasteiger partial charge < -0.3 is 4.74 Å². The quantitative estimate of drug-likeness (QED) is 0.613. The number of thiazole rings is 1. The van der Waals surface area contributed by atoms with Crippen molar-refractivity contribution in [3.8, 4) is 21.9 Å². The molecule has 3 aromatic rings. The molecule has 3 heteroatoms. The first-order valence-electron chi connectivity index (χ1n) is 7.02. The zero-order valence-electron chi connectivity index (χ0n) is 12.1. The highest BCUT2D eigenvalue weighted by Gasteiger charge is 2.12. The summed E-state index contributed by atoms with van der Waals surface area (Å²) in [5.74, 6) is 2.16. The van der Waals surface area contributed by atoms with Gasteiger partial charge in [-0.1, -0.05) is 44.2 Å². The Kier molecular flexibility index (Phi) is 4.02. The van der Waals surface area contributed by atoms with E-state index in [0.717, 1.165) is 26.9 Å². The lowest BCUT2D eigenvalue weighted by Crippen LogP contribution is -1.86. The third-order valence-electron chi connectivity index (χ3n) is 3.14. The molecule has 0 aliphatic heterocycles. The number of hydrogen-bond donors (Lipinski definition) is 0. The average molecular weight is 295 g/mol. The summed E-state index contributed by atoms with van der Waals surface area (Å²) >= 11 is 1.73. The summed E-state index contributed by atoms with van der Waals surface area (Å²) < 4.78 is 6.01. The highest BCUT2D eigenvalue weighted by Crippen LogP contribution is 2.37. The van der Waals surface area contributed by atoms with Crippen LogP contribution < -0.4 is 4.74 Å². The number of benzene rings is 2. The molecule has 21 heavy (non-hydrogen) atoms. The molecule has 3 rings (SSSR count). The molecule has 0 saturated carbocycles. The van der Waals surface area contributed by atoms with E-state index >= 15 is 0 Å². The molecular weight excluding hydrogens is 278 g/mol. The molecule has 0 bridgehead atoms. The average Bonchev–Trinajstić information content (AvgIpc) is 2.99. The van der Waals surface area contributed by atoms with Crippen molar-refractivity contribution >= 4 is 11.3 Å². The fourth-order valence-electron chi connectivity index (χ4n) is 2.05. The highest BCUT2D eigenvalue weighted by atomic mass is 32.1. The maximum Gasteiger partial charge on any atom is 0.136 e. The normalized spacial score (nSPS) is 10.8. The summed E-state index contributed by atoms with van der Waals surface area (Å²) in [6.07, 6.45) is 1.94. The summed E-state index contributed by atoms with van der Waals surface area (Å²) in [7, 11) is 0. The standard InChI is InChI=1S/C18H17NOS/c1-13(2)18-19-12-17(21-18)15-10-6-7-11-16(15)20-14-8-4-3-5-9-14/h3-13H,1-2H3. The van der Waals surface area contributed by atoms with Gasteiger partial charge in [0.1, 0.15) is 11.5 Å². The summed E-state index contributed by atoms with van der Waals surface area (Å²) in [4.78, 5) is 5.65. The number of rotatable bonds is 4. The molecule has 0 fully saturated rings. The van der Waals surface area contributed by atoms with E-state index in [4.69, 9.17) is 4.74 Å². The third-order valence-corrected chi connectivity index (χ3v) is 4.47. The van der Waals surface area contributed by atoms with Gasteiger partial charge >= 0.3 is 0 Å². The Hall–Kier alpha value is -2.13. The molecule has 0 saturated heterocycles. The van der Waals surface area contributed by atoms with E-state index in [0.29, 0.717) is 5.92 Å². The fraction of sp³-hybridized carbons (Fsp3) is 0.167. The molecular formula is C18H17NOS. The lowest BCUT2D eigenvalue weighted by molar-refractivity contribution is 0.484. The summed E-state index contributed by atoms with van der Waals surface area (Å²) in [5, 5.41) is 1.15. The van der Waals surface area contributed by atoms with Crippen LogP contribution in [-0.2, 0) is 0 Å². The van der Waals surface area contributed by atoms with Crippen LogP contribution in [0.4, 0.5) is 0 Å². The first-order valence-corrected chi connectivity index (χ1v) is 7.83. The largest absolute Gasteiger partial charge is 0.457 e. The SMILES string of the molecule is CC(C)c1ncc(-c2ccccc2Oc2ccccc2)s1. The van der Waals surface area contributed by atoms with Crippen LogP contribution in [0.15, 0.2) is 60.8 Å². The van der Waals surface area contributed by atoms with Crippen LogP contribution in [-0.4, -0.2) is 4.98 Å². The van der Waals surface area contributed by atoms with Gasteiger partial charge in [0.05, 0.1) is 9.88 Å². The van der Waals surface area contributed by atoms with E-state index in [9.17, 15) is 0 Å². The lowest BCUT2D eigenvalue weighted by Gasteiger charge is -2.09. The molecule has 0 spiro atoms. The monoisotopic (exact) mass is 295 g/mol. The number of ether oxygens (including phenoxy) is 1. The van der Waals surface area contributed by atoms with Crippen molar-refractivity contribution in [1.29, 1.82) is 0 Å². The van der Waals surface area contributed by atoms with Gasteiger partial charge in [-0.15, -0.1) is 11.3 Å². The number of para-hydroxylation sites is 2. The van der Waals surface area contributed by atoms with Crippen LogP contribution >= 0.6 is 11.3 Å². The fourth-order valence-corrected chi connectivity index (χ4v) is 3.00. The van der Waals surface area contributed by atoms with Gasteiger partial charge in [-0.3, -0.25) is 0 Å². The van der Waals surface area contributed by atoms with Crippen LogP contribution in [0.25, 0.3) is 10.4 Å². The summed E-state index contributed by atoms with van der Waals surface area (Å²) in [5.41, 5.74) is 1.09. The molecule has 0 amide bonds. The smallest absolute Gasteiger partial charge is 0.136 e. The Labute approximate surface area is 129 Å². The second kappa shape index (κ2) is 6.10. The van der Waals surface area contributed by atoms with Gasteiger partial charge in [0.25, 0.3) is 0 Å². The van der Waals surface area contributed by atoms with Crippen molar-refractivity contribution in [3.05, 3.63) is 65.8 Å². The van der Waals surface area contributed by atoms with Crippen molar-refractivity contribution in [2.45, 2.75) is 19.8 Å². The molecule has 2 nitrogen and oxygen atoms in total. The van der Waals surface area contributed by atoms with Gasteiger partial charge in [0, 0.05) is 17.7 Å². The van der Waals surface area contributed by atoms with Crippen LogP contribution in [0, 0.1) is 0 Å². The summed E-state index contributed by atoms with van der Waals surface area (Å²) in [6.45, 7) is 4.32. The molecule has 106 valence electrons. The van der Waals surface area contributed by atoms with E-state index < -0.39 is 0 Å². The van der Waals surface area contributed by atoms with Crippen LogP contribution in [0.2, 0.25) is 0 Å². The Bertz CT molecular complexity index is 719. The van der Waals surface area contributed by atoms with Crippen molar-refractivity contribution in [1.82, 2.24) is 4.98 Å². The minimum absolute atomic E-state index is 0.450. The van der Waals surface area contributed by atoms with Crippen molar-refractivity contribution in [2.75, 3.05) is 0 Å². The van der Waals surface area contributed by atoms with Crippen LogP contribution in [0.5, 0.6) is 11.5 Å². The first-order chi connectivity index (χ1) is 10.2. The van der Waals surface area contributed by atoms with Gasteiger partial charge in [-0.2, -0.15) is 0 Å². The van der Waals surface area contributed by atoms with Crippen molar-refractivity contribution < 1.29 is 4.74 Å². The Morgan fingerprint density at radius 3 is 2.38 bits per heavy atom. The van der Waals surface area contributed by atoms with Crippen molar-refractivity contribution in [2.24, 2.45) is 0 Å². The van der Waals surface area contributed by atoms with E-state index in [2.05, 4.69) is 24.9 Å². The Morgan fingerprint density at radius 2 is 1.67 bits per heavy atom. The second-order valence-corrected chi connectivity index (χ2v) is 6.19. The van der Waals surface area contributed by atoms with E-state index in [-0.39, 0.29) is 0 Å². The Morgan fingerprint density at radius 1 is 0.952 bits per heavy atom. The predicted octanol–water partition coefficient (Wildman–Crippen LogP) is 5.73. The number of aromatic nitrogens is 1. The van der Waals surface area contributed by atoms with E-state index in [1.54, 1.807) is 11.3 Å². The molecule has 0 atom stereocenters. The minimum atomic E-state index is 0.450. The molecule has 1 aromatic heterocycles.